The third-order valence-electron chi connectivity index (χ3n) is 5.91. The van der Waals surface area contributed by atoms with Crippen molar-refractivity contribution in [3.05, 3.63) is 95.5 Å². The van der Waals surface area contributed by atoms with E-state index in [0.29, 0.717) is 22.7 Å². The average Bonchev–Trinajstić information content (AvgIpc) is 3.40. The van der Waals surface area contributed by atoms with Gasteiger partial charge in [0.25, 0.3) is 5.91 Å². The van der Waals surface area contributed by atoms with Crippen LogP contribution in [0.5, 0.6) is 5.75 Å². The van der Waals surface area contributed by atoms with Crippen molar-refractivity contribution in [2.24, 2.45) is 0 Å². The Hall–Kier alpha value is -4.33. The van der Waals surface area contributed by atoms with Gasteiger partial charge in [-0.1, -0.05) is 25.6 Å². The molecule has 178 valence electrons. The molecule has 0 radical (unpaired) electrons. The maximum Gasteiger partial charge on any atom is 0.260 e. The van der Waals surface area contributed by atoms with E-state index in [1.54, 1.807) is 42.7 Å². The fourth-order valence-electron chi connectivity index (χ4n) is 4.16. The Morgan fingerprint density at radius 1 is 1.11 bits per heavy atom. The summed E-state index contributed by atoms with van der Waals surface area (Å²) in [4.78, 5) is 19.4. The molecule has 0 N–H and O–H groups in total. The molecule has 0 aliphatic carbocycles. The summed E-state index contributed by atoms with van der Waals surface area (Å²) in [5.41, 5.74) is 4.56. The topological polar surface area (TPSA) is 73.1 Å². The Kier molecular flexibility index (Phi) is 6.46. The Labute approximate surface area is 203 Å². The van der Waals surface area contributed by atoms with Crippen molar-refractivity contribution < 1.29 is 13.9 Å². The van der Waals surface area contributed by atoms with E-state index in [0.717, 1.165) is 22.5 Å². The monoisotopic (exact) mass is 471 g/mol. The number of imidazole rings is 1. The van der Waals surface area contributed by atoms with Crippen LogP contribution in [0.1, 0.15) is 42.8 Å². The number of halogens is 1. The molecule has 1 atom stereocenters. The molecule has 3 heterocycles. The largest absolute Gasteiger partial charge is 0.495 e. The number of ether oxygens (including phenoxy) is 1. The minimum Gasteiger partial charge on any atom is -0.495 e. The molecule has 1 unspecified atom stereocenters. The van der Waals surface area contributed by atoms with E-state index in [9.17, 15) is 9.18 Å². The van der Waals surface area contributed by atoms with E-state index < -0.39 is 0 Å². The molecule has 1 aliphatic rings. The number of hydrogen-bond acceptors (Lipinski definition) is 5. The summed E-state index contributed by atoms with van der Waals surface area (Å²) >= 11 is 0. The number of rotatable bonds is 5. The second-order valence-electron chi connectivity index (χ2n) is 8.08. The minimum atomic E-state index is -0.351. The first-order valence-electron chi connectivity index (χ1n) is 10.8. The van der Waals surface area contributed by atoms with Gasteiger partial charge in [-0.2, -0.15) is 5.10 Å². The highest BCUT2D eigenvalue weighted by molar-refractivity contribution is 6.35. The van der Waals surface area contributed by atoms with Crippen LogP contribution in [0.2, 0.25) is 0 Å². The summed E-state index contributed by atoms with van der Waals surface area (Å²) in [6.45, 7) is 3.81. The zero-order chi connectivity index (χ0) is 23.8. The molecule has 0 saturated carbocycles. The third-order valence-corrected chi connectivity index (χ3v) is 5.91. The first-order chi connectivity index (χ1) is 16.5. The molecule has 2 aromatic carbocycles. The normalized spacial score (nSPS) is 14.6. The lowest BCUT2D eigenvalue weighted by Crippen LogP contribution is -2.30. The number of nitrogens with zero attached hydrogens (tertiary/aromatic N) is 5. The van der Waals surface area contributed by atoms with Crippen LogP contribution in [0.25, 0.3) is 17.3 Å². The van der Waals surface area contributed by atoms with E-state index in [4.69, 9.17) is 4.74 Å². The summed E-state index contributed by atoms with van der Waals surface area (Å²) in [6, 6.07) is 13.3. The van der Waals surface area contributed by atoms with Gasteiger partial charge in [0.1, 0.15) is 11.6 Å². The molecule has 1 aliphatic heterocycles. The van der Waals surface area contributed by atoms with Crippen LogP contribution in [-0.4, -0.2) is 32.8 Å². The predicted molar refractivity (Wildman–Crippen MR) is 134 cm³/mol. The minimum absolute atomic E-state index is 0. The Bertz CT molecular complexity index is 1410. The molecular formula is C27H26FN5O2. The predicted octanol–water partition coefficient (Wildman–Crippen LogP) is 5.40. The van der Waals surface area contributed by atoms with Crippen LogP contribution < -0.4 is 9.64 Å². The molecule has 7 nitrogen and oxygen atoms in total. The number of fused-ring (bicyclic) bond motifs is 1. The number of benzene rings is 2. The summed E-state index contributed by atoms with van der Waals surface area (Å²) < 4.78 is 20.9. The van der Waals surface area contributed by atoms with Gasteiger partial charge in [0.05, 0.1) is 42.6 Å². The highest BCUT2D eigenvalue weighted by Gasteiger charge is 2.37. The smallest absolute Gasteiger partial charge is 0.260 e. The van der Waals surface area contributed by atoms with Crippen LogP contribution in [-0.2, 0) is 4.79 Å². The maximum atomic E-state index is 13.6. The number of hydrogen-bond donors (Lipinski definition) is 0. The first kappa shape index (κ1) is 23.8. The van der Waals surface area contributed by atoms with Crippen LogP contribution in [0, 0.1) is 12.7 Å². The fraction of sp³-hybridized carbons (Fsp3) is 0.185. The van der Waals surface area contributed by atoms with Gasteiger partial charge in [-0.05, 0) is 61.4 Å². The number of aryl methyl sites for hydroxylation is 1. The molecule has 0 fully saturated rings. The third kappa shape index (κ3) is 4.30. The molecule has 2 aromatic heterocycles. The zero-order valence-corrected chi connectivity index (χ0v) is 18.9. The van der Waals surface area contributed by atoms with E-state index in [2.05, 4.69) is 15.2 Å². The van der Waals surface area contributed by atoms with Gasteiger partial charge >= 0.3 is 0 Å². The Morgan fingerprint density at radius 2 is 1.89 bits per heavy atom. The lowest BCUT2D eigenvalue weighted by Gasteiger charge is -2.24. The number of carbonyl (C=O) groups is 1. The molecule has 0 bridgehead atoms. The Balaban J connectivity index is 0.00000289. The zero-order valence-electron chi connectivity index (χ0n) is 18.9. The van der Waals surface area contributed by atoms with Crippen molar-refractivity contribution in [2.75, 3.05) is 12.0 Å². The molecule has 4 aromatic rings. The summed E-state index contributed by atoms with van der Waals surface area (Å²) in [6.07, 6.45) is 7.04. The standard InChI is InChI=1S/C26H22FN5O2.CH4/c1-16-14-31(15-28-16)23-9-4-18(13-24(23)34-3)12-22-21-10-11-29-30-25(21)32(26(22)33)17(2)19-5-7-20(27)8-6-19;/h4-15,17H,1-3H3;1H4/b22-12+;. The number of aromatic nitrogens is 4. The van der Waals surface area contributed by atoms with Crippen LogP contribution in [0.4, 0.5) is 10.2 Å². The molecule has 8 heteroatoms. The quantitative estimate of drug-likeness (QED) is 0.364. The van der Waals surface area contributed by atoms with Gasteiger partial charge < -0.3 is 9.30 Å². The van der Waals surface area contributed by atoms with Crippen molar-refractivity contribution >= 4 is 23.4 Å². The summed E-state index contributed by atoms with van der Waals surface area (Å²) in [5.74, 6) is 0.614. The van der Waals surface area contributed by atoms with Gasteiger partial charge in [0.2, 0.25) is 0 Å². The Morgan fingerprint density at radius 3 is 2.57 bits per heavy atom. The fourth-order valence-corrected chi connectivity index (χ4v) is 4.16. The number of methoxy groups -OCH3 is 1. The maximum absolute atomic E-state index is 13.6. The van der Waals surface area contributed by atoms with Crippen molar-refractivity contribution in [1.82, 2.24) is 19.7 Å². The molecular weight excluding hydrogens is 445 g/mol. The van der Waals surface area contributed by atoms with Gasteiger partial charge in [0, 0.05) is 11.8 Å². The number of amides is 1. The van der Waals surface area contributed by atoms with Crippen LogP contribution >= 0.6 is 0 Å². The molecule has 5 rings (SSSR count). The molecule has 1 amide bonds. The van der Waals surface area contributed by atoms with Crippen LogP contribution in [0.3, 0.4) is 0 Å². The van der Waals surface area contributed by atoms with E-state index in [-0.39, 0.29) is 25.2 Å². The van der Waals surface area contributed by atoms with Gasteiger partial charge in [0.15, 0.2) is 5.82 Å². The van der Waals surface area contributed by atoms with Gasteiger partial charge in [-0.3, -0.25) is 9.69 Å². The molecule has 35 heavy (non-hydrogen) atoms. The molecule has 0 saturated heterocycles. The second kappa shape index (κ2) is 9.50. The lowest BCUT2D eigenvalue weighted by molar-refractivity contribution is -0.113. The molecule has 0 spiro atoms. The lowest BCUT2D eigenvalue weighted by atomic mass is 10.0. The van der Waals surface area contributed by atoms with Crippen molar-refractivity contribution in [3.8, 4) is 11.4 Å². The van der Waals surface area contributed by atoms with E-state index in [1.165, 1.54) is 12.1 Å². The number of anilines is 1. The van der Waals surface area contributed by atoms with E-state index in [1.807, 2.05) is 48.9 Å². The highest BCUT2D eigenvalue weighted by Crippen LogP contribution is 2.41. The highest BCUT2D eigenvalue weighted by atomic mass is 19.1. The first-order valence-corrected chi connectivity index (χ1v) is 10.8. The summed E-state index contributed by atoms with van der Waals surface area (Å²) in [7, 11) is 1.61. The van der Waals surface area contributed by atoms with Gasteiger partial charge in [-0.25, -0.2) is 9.37 Å². The van der Waals surface area contributed by atoms with Crippen molar-refractivity contribution in [1.29, 1.82) is 0 Å². The van der Waals surface area contributed by atoms with Crippen LogP contribution in [0.15, 0.2) is 67.3 Å². The van der Waals surface area contributed by atoms with Gasteiger partial charge in [-0.15, -0.1) is 5.10 Å². The number of carbonyl (C=O) groups excluding carboxylic acids is 1. The summed E-state index contributed by atoms with van der Waals surface area (Å²) in [5, 5.41) is 8.23. The SMILES string of the molecule is C.COc1cc(/C=C2/C(=O)N(C(C)c3ccc(F)cc3)c3nnccc32)ccc1-n1cnc(C)c1. The van der Waals surface area contributed by atoms with Crippen molar-refractivity contribution in [2.45, 2.75) is 27.3 Å². The van der Waals surface area contributed by atoms with Crippen molar-refractivity contribution in [3.63, 3.8) is 0 Å². The average molecular weight is 472 g/mol. The second-order valence-corrected chi connectivity index (χ2v) is 8.08. The van der Waals surface area contributed by atoms with E-state index >= 15 is 0 Å².